The Labute approximate surface area is 163 Å². The molecule has 0 aliphatic carbocycles. The monoisotopic (exact) mass is 375 g/mol. The zero-order valence-corrected chi connectivity index (χ0v) is 16.1. The van der Waals surface area contributed by atoms with Crippen LogP contribution in [0.4, 0.5) is 11.5 Å². The Balaban J connectivity index is 1.65. The average Bonchev–Trinajstić information content (AvgIpc) is 3.08. The van der Waals surface area contributed by atoms with Crippen molar-refractivity contribution in [1.29, 1.82) is 0 Å². The predicted molar refractivity (Wildman–Crippen MR) is 109 cm³/mol. The second kappa shape index (κ2) is 7.42. The fourth-order valence-corrected chi connectivity index (χ4v) is 3.32. The fraction of sp³-hybridized carbons (Fsp3) is 0.182. The van der Waals surface area contributed by atoms with E-state index in [1.54, 1.807) is 6.26 Å². The van der Waals surface area contributed by atoms with E-state index >= 15 is 0 Å². The first-order valence-electron chi connectivity index (χ1n) is 9.21. The van der Waals surface area contributed by atoms with E-state index in [2.05, 4.69) is 28.3 Å². The van der Waals surface area contributed by atoms with Gasteiger partial charge in [-0.3, -0.25) is 0 Å². The number of quaternary nitrogens is 1. The van der Waals surface area contributed by atoms with Crippen LogP contribution in [-0.4, -0.2) is 15.2 Å². The summed E-state index contributed by atoms with van der Waals surface area (Å²) in [6.07, 6.45) is 1.77. The van der Waals surface area contributed by atoms with E-state index in [0.29, 0.717) is 5.82 Å². The number of hydrogen-bond acceptors (Lipinski definition) is 5. The van der Waals surface area contributed by atoms with Gasteiger partial charge < -0.3 is 9.73 Å². The standard InChI is InChI=1S/C22H22N4O2/c1-13-12-28-21-8-7-17(10-19(13)21)20-11-22(25-15(3)24-20)23-14(2)16-5-4-6-18(9-16)26-27/h4-12,14,26-27H,1-3H3,(H,23,24,25)/p+1. The van der Waals surface area contributed by atoms with Gasteiger partial charge >= 0.3 is 0 Å². The summed E-state index contributed by atoms with van der Waals surface area (Å²) in [6.45, 7) is 5.99. The highest BCUT2D eigenvalue weighted by Gasteiger charge is 2.12. The summed E-state index contributed by atoms with van der Waals surface area (Å²) >= 11 is 0. The van der Waals surface area contributed by atoms with Crippen LogP contribution in [0.25, 0.3) is 22.2 Å². The molecule has 28 heavy (non-hydrogen) atoms. The second-order valence-corrected chi connectivity index (χ2v) is 6.98. The molecule has 1 unspecified atom stereocenters. The lowest BCUT2D eigenvalue weighted by atomic mass is 10.1. The lowest BCUT2D eigenvalue weighted by Gasteiger charge is -2.16. The van der Waals surface area contributed by atoms with Gasteiger partial charge in [-0.15, -0.1) is 0 Å². The minimum atomic E-state index is 0.0284. The molecule has 1 atom stereocenters. The summed E-state index contributed by atoms with van der Waals surface area (Å²) in [7, 11) is 0. The number of rotatable bonds is 5. The van der Waals surface area contributed by atoms with E-state index < -0.39 is 0 Å². The van der Waals surface area contributed by atoms with E-state index in [-0.39, 0.29) is 6.04 Å². The minimum Gasteiger partial charge on any atom is -0.464 e. The molecule has 6 nitrogen and oxygen atoms in total. The lowest BCUT2D eigenvalue weighted by molar-refractivity contribution is -0.825. The van der Waals surface area contributed by atoms with Crippen molar-refractivity contribution in [2.45, 2.75) is 26.8 Å². The van der Waals surface area contributed by atoms with Gasteiger partial charge in [-0.1, -0.05) is 12.1 Å². The number of anilines is 1. The zero-order valence-electron chi connectivity index (χ0n) is 16.1. The van der Waals surface area contributed by atoms with Gasteiger partial charge in [0.1, 0.15) is 17.2 Å². The van der Waals surface area contributed by atoms with Crippen molar-refractivity contribution in [3.63, 3.8) is 0 Å². The Morgan fingerprint density at radius 1 is 1.07 bits per heavy atom. The Kier molecular flexibility index (Phi) is 4.81. The van der Waals surface area contributed by atoms with Crippen LogP contribution >= 0.6 is 0 Å². The number of nitrogens with two attached hydrogens (primary N) is 1. The predicted octanol–water partition coefficient (Wildman–Crippen LogP) is 4.26. The molecule has 142 valence electrons. The molecular formula is C22H23N4O2+. The van der Waals surface area contributed by atoms with Crippen molar-refractivity contribution in [3.8, 4) is 11.3 Å². The number of benzene rings is 2. The van der Waals surface area contributed by atoms with Crippen molar-refractivity contribution >= 4 is 22.5 Å². The Hall–Kier alpha value is -3.22. The van der Waals surface area contributed by atoms with Crippen LogP contribution in [0.3, 0.4) is 0 Å². The summed E-state index contributed by atoms with van der Waals surface area (Å²) in [5.41, 5.74) is 6.81. The first-order valence-corrected chi connectivity index (χ1v) is 9.21. The molecule has 0 bridgehead atoms. The van der Waals surface area contributed by atoms with Crippen molar-refractivity contribution in [3.05, 3.63) is 71.7 Å². The second-order valence-electron chi connectivity index (χ2n) is 6.98. The quantitative estimate of drug-likeness (QED) is 0.358. The van der Waals surface area contributed by atoms with Crippen molar-refractivity contribution in [1.82, 2.24) is 9.97 Å². The average molecular weight is 375 g/mol. The molecule has 0 fully saturated rings. The third-order valence-electron chi connectivity index (χ3n) is 4.82. The first-order chi connectivity index (χ1) is 13.5. The summed E-state index contributed by atoms with van der Waals surface area (Å²) < 4.78 is 5.54. The highest BCUT2D eigenvalue weighted by molar-refractivity contribution is 5.85. The van der Waals surface area contributed by atoms with E-state index in [0.717, 1.165) is 50.3 Å². The molecule has 4 rings (SSSR count). The van der Waals surface area contributed by atoms with Gasteiger partial charge in [0.05, 0.1) is 18.0 Å². The highest BCUT2D eigenvalue weighted by Crippen LogP contribution is 2.28. The Morgan fingerprint density at radius 3 is 2.75 bits per heavy atom. The van der Waals surface area contributed by atoms with Gasteiger partial charge in [-0.05, 0) is 50.1 Å². The van der Waals surface area contributed by atoms with Gasteiger partial charge in [-0.25, -0.2) is 15.2 Å². The van der Waals surface area contributed by atoms with Gasteiger partial charge in [-0.2, -0.15) is 5.48 Å². The molecule has 2 aromatic heterocycles. The molecule has 6 heteroatoms. The number of hydrogen-bond donors (Lipinski definition) is 3. The number of furan rings is 1. The van der Waals surface area contributed by atoms with Crippen LogP contribution in [-0.2, 0) is 0 Å². The normalized spacial score (nSPS) is 12.3. The van der Waals surface area contributed by atoms with Gasteiger partial charge in [0.2, 0.25) is 0 Å². The van der Waals surface area contributed by atoms with E-state index in [1.165, 1.54) is 0 Å². The first kappa shape index (κ1) is 18.2. The van der Waals surface area contributed by atoms with Crippen LogP contribution in [0.2, 0.25) is 0 Å². The van der Waals surface area contributed by atoms with Gasteiger partial charge in [0.15, 0.2) is 5.69 Å². The minimum absolute atomic E-state index is 0.0284. The maximum absolute atomic E-state index is 9.24. The molecule has 0 amide bonds. The van der Waals surface area contributed by atoms with Crippen molar-refractivity contribution < 1.29 is 15.1 Å². The smallest absolute Gasteiger partial charge is 0.162 e. The molecule has 0 aliphatic heterocycles. The molecule has 2 heterocycles. The van der Waals surface area contributed by atoms with Crippen LogP contribution in [0.5, 0.6) is 0 Å². The molecular weight excluding hydrogens is 352 g/mol. The molecule has 2 aromatic carbocycles. The number of aryl methyl sites for hydroxylation is 2. The summed E-state index contributed by atoms with van der Waals surface area (Å²) in [6, 6.07) is 15.8. The fourth-order valence-electron chi connectivity index (χ4n) is 3.32. The van der Waals surface area contributed by atoms with E-state index in [1.807, 2.05) is 56.3 Å². The largest absolute Gasteiger partial charge is 0.464 e. The molecule has 4 N–H and O–H groups in total. The zero-order chi connectivity index (χ0) is 19.7. The molecule has 0 saturated carbocycles. The van der Waals surface area contributed by atoms with Gasteiger partial charge in [0.25, 0.3) is 0 Å². The van der Waals surface area contributed by atoms with Crippen LogP contribution < -0.4 is 10.8 Å². The molecule has 0 spiro atoms. The lowest BCUT2D eigenvalue weighted by Crippen LogP contribution is -2.73. The van der Waals surface area contributed by atoms with Crippen molar-refractivity contribution in [2.75, 3.05) is 5.32 Å². The van der Waals surface area contributed by atoms with Crippen LogP contribution in [0.1, 0.15) is 29.9 Å². The maximum atomic E-state index is 9.24. The van der Waals surface area contributed by atoms with Crippen molar-refractivity contribution in [2.24, 2.45) is 0 Å². The topological polar surface area (TPSA) is 87.8 Å². The third kappa shape index (κ3) is 3.60. The number of nitrogens with one attached hydrogen (secondary N) is 1. The summed E-state index contributed by atoms with van der Waals surface area (Å²) in [5.74, 6) is 1.46. The van der Waals surface area contributed by atoms with Crippen LogP contribution in [0.15, 0.2) is 59.2 Å². The SMILES string of the molecule is Cc1nc(NC(C)c2cccc([NH2+]O)c2)cc(-c2ccc3occ(C)c3c2)n1. The van der Waals surface area contributed by atoms with E-state index in [9.17, 15) is 5.21 Å². The van der Waals surface area contributed by atoms with Gasteiger partial charge in [0, 0.05) is 29.1 Å². The maximum Gasteiger partial charge on any atom is 0.162 e. The molecule has 0 aliphatic rings. The summed E-state index contributed by atoms with van der Waals surface area (Å²) in [4.78, 5) is 9.15. The Bertz CT molecular complexity index is 1140. The third-order valence-corrected chi connectivity index (χ3v) is 4.82. The molecule has 0 radical (unpaired) electrons. The number of nitrogens with zero attached hydrogens (tertiary/aromatic N) is 2. The molecule has 4 aromatic rings. The number of fused-ring (bicyclic) bond motifs is 1. The van der Waals surface area contributed by atoms with E-state index in [4.69, 9.17) is 4.42 Å². The Morgan fingerprint density at radius 2 is 1.93 bits per heavy atom. The van der Waals surface area contributed by atoms with Crippen LogP contribution in [0, 0.1) is 13.8 Å². The highest BCUT2D eigenvalue weighted by atomic mass is 16.5. The molecule has 0 saturated heterocycles. The summed E-state index contributed by atoms with van der Waals surface area (Å²) in [5, 5.41) is 13.8. The number of aromatic nitrogens is 2.